The normalized spacial score (nSPS) is 16.7. The van der Waals surface area contributed by atoms with Gasteiger partial charge in [-0.1, -0.05) is 30.3 Å². The molecule has 0 saturated carbocycles. The second kappa shape index (κ2) is 5.89. The second-order valence-electron chi connectivity index (χ2n) is 5.93. The maximum atomic E-state index is 6.20. The van der Waals surface area contributed by atoms with E-state index in [1.165, 1.54) is 16.7 Å². The molecule has 4 nitrogen and oxygen atoms in total. The number of rotatable bonds is 3. The van der Waals surface area contributed by atoms with E-state index in [1.54, 1.807) is 6.20 Å². The lowest BCUT2D eigenvalue weighted by atomic mass is 9.96. The second-order valence-corrected chi connectivity index (χ2v) is 5.93. The van der Waals surface area contributed by atoms with Gasteiger partial charge >= 0.3 is 0 Å². The van der Waals surface area contributed by atoms with E-state index in [1.807, 2.05) is 18.6 Å². The number of ether oxygens (including phenoxy) is 1. The van der Waals surface area contributed by atoms with Crippen LogP contribution in [0.25, 0.3) is 11.1 Å². The summed E-state index contributed by atoms with van der Waals surface area (Å²) < 4.78 is 7.73. The van der Waals surface area contributed by atoms with Crippen LogP contribution in [0.5, 0.6) is 5.75 Å². The largest absolute Gasteiger partial charge is 0.493 e. The zero-order chi connectivity index (χ0) is 15.6. The maximum Gasteiger partial charge on any atom is 0.124 e. The first-order chi connectivity index (χ1) is 11.3. The van der Waals surface area contributed by atoms with Crippen LogP contribution in [0.4, 0.5) is 0 Å². The smallest absolute Gasteiger partial charge is 0.124 e. The first kappa shape index (κ1) is 14.0. The molecule has 0 bridgehead atoms. The van der Waals surface area contributed by atoms with E-state index in [-0.39, 0.29) is 6.04 Å². The predicted octanol–water partition coefficient (Wildman–Crippen LogP) is 3.38. The number of hydrogen-bond acceptors (Lipinski definition) is 3. The van der Waals surface area contributed by atoms with E-state index in [9.17, 15) is 0 Å². The SMILES string of the molecule is N[C@H]1CCOc2ccc(-c3ccc(Cn4ccnc4)cc3)cc21. The highest BCUT2D eigenvalue weighted by Crippen LogP contribution is 2.34. The van der Waals surface area contributed by atoms with Crippen LogP contribution < -0.4 is 10.5 Å². The molecule has 23 heavy (non-hydrogen) atoms. The molecule has 0 amide bonds. The fourth-order valence-electron chi connectivity index (χ4n) is 2.99. The van der Waals surface area contributed by atoms with E-state index in [2.05, 4.69) is 45.9 Å². The Morgan fingerprint density at radius 1 is 1.13 bits per heavy atom. The molecule has 1 aromatic heterocycles. The van der Waals surface area contributed by atoms with Crippen molar-refractivity contribution in [3.05, 3.63) is 72.3 Å². The van der Waals surface area contributed by atoms with Gasteiger partial charge in [-0.15, -0.1) is 0 Å². The molecular weight excluding hydrogens is 286 g/mol. The van der Waals surface area contributed by atoms with Crippen LogP contribution in [-0.2, 0) is 6.54 Å². The fraction of sp³-hybridized carbons (Fsp3) is 0.211. The number of benzene rings is 2. The zero-order valence-corrected chi connectivity index (χ0v) is 12.9. The van der Waals surface area contributed by atoms with Crippen molar-refractivity contribution in [1.29, 1.82) is 0 Å². The van der Waals surface area contributed by atoms with E-state index < -0.39 is 0 Å². The average molecular weight is 305 g/mol. The highest BCUT2D eigenvalue weighted by Gasteiger charge is 2.18. The molecule has 2 N–H and O–H groups in total. The van der Waals surface area contributed by atoms with Gasteiger partial charge in [-0.2, -0.15) is 0 Å². The highest BCUT2D eigenvalue weighted by atomic mass is 16.5. The van der Waals surface area contributed by atoms with Crippen LogP contribution in [0.1, 0.15) is 23.6 Å². The predicted molar refractivity (Wildman–Crippen MR) is 90.2 cm³/mol. The van der Waals surface area contributed by atoms with Gasteiger partial charge in [0.05, 0.1) is 12.9 Å². The standard InChI is InChI=1S/C19H19N3O/c20-18-7-10-23-19-6-5-16(11-17(18)19)15-3-1-14(2-4-15)12-22-9-8-21-13-22/h1-6,8-9,11,13,18H,7,10,12,20H2/t18-/m0/s1. The molecule has 2 heterocycles. The van der Waals surface area contributed by atoms with Crippen molar-refractivity contribution in [2.75, 3.05) is 6.61 Å². The van der Waals surface area contributed by atoms with Gasteiger partial charge in [0.2, 0.25) is 0 Å². The number of nitrogens with zero attached hydrogens (tertiary/aromatic N) is 2. The van der Waals surface area contributed by atoms with Crippen molar-refractivity contribution in [2.24, 2.45) is 5.73 Å². The summed E-state index contributed by atoms with van der Waals surface area (Å²) in [5.41, 5.74) is 10.9. The Hall–Kier alpha value is -2.59. The van der Waals surface area contributed by atoms with Crippen LogP contribution in [0.3, 0.4) is 0 Å². The summed E-state index contributed by atoms with van der Waals surface area (Å²) in [5, 5.41) is 0. The number of nitrogens with two attached hydrogens (primary N) is 1. The minimum atomic E-state index is 0.0687. The summed E-state index contributed by atoms with van der Waals surface area (Å²) in [4.78, 5) is 4.07. The van der Waals surface area contributed by atoms with Gasteiger partial charge < -0.3 is 15.0 Å². The molecule has 0 radical (unpaired) electrons. The first-order valence-electron chi connectivity index (χ1n) is 7.87. The number of imidazole rings is 1. The number of hydrogen-bond donors (Lipinski definition) is 1. The summed E-state index contributed by atoms with van der Waals surface area (Å²) in [7, 11) is 0. The molecule has 0 unspecified atom stereocenters. The van der Waals surface area contributed by atoms with Crippen LogP contribution >= 0.6 is 0 Å². The van der Waals surface area contributed by atoms with E-state index in [0.717, 1.165) is 24.3 Å². The molecule has 2 aromatic carbocycles. The van der Waals surface area contributed by atoms with Crippen molar-refractivity contribution in [3.63, 3.8) is 0 Å². The Labute approximate surface area is 135 Å². The minimum Gasteiger partial charge on any atom is -0.493 e. The van der Waals surface area contributed by atoms with Crippen molar-refractivity contribution in [2.45, 2.75) is 19.0 Å². The van der Waals surface area contributed by atoms with Crippen molar-refractivity contribution in [1.82, 2.24) is 9.55 Å². The molecule has 4 heteroatoms. The van der Waals surface area contributed by atoms with E-state index in [4.69, 9.17) is 10.5 Å². The van der Waals surface area contributed by atoms with Gasteiger partial charge in [0.25, 0.3) is 0 Å². The molecule has 116 valence electrons. The van der Waals surface area contributed by atoms with Crippen molar-refractivity contribution >= 4 is 0 Å². The first-order valence-corrected chi connectivity index (χ1v) is 7.87. The highest BCUT2D eigenvalue weighted by molar-refractivity contribution is 5.66. The monoisotopic (exact) mass is 305 g/mol. The maximum absolute atomic E-state index is 6.20. The average Bonchev–Trinajstić information content (AvgIpc) is 3.09. The fourth-order valence-corrected chi connectivity index (χ4v) is 2.99. The Kier molecular flexibility index (Phi) is 3.60. The molecule has 0 saturated heterocycles. The molecule has 0 aliphatic carbocycles. The minimum absolute atomic E-state index is 0.0687. The van der Waals surface area contributed by atoms with Crippen LogP contribution in [-0.4, -0.2) is 16.2 Å². The lowest BCUT2D eigenvalue weighted by Crippen LogP contribution is -2.20. The number of aromatic nitrogens is 2. The van der Waals surface area contributed by atoms with Crippen LogP contribution in [0, 0.1) is 0 Å². The lowest BCUT2D eigenvalue weighted by molar-refractivity contribution is 0.269. The third-order valence-corrected chi connectivity index (χ3v) is 4.31. The van der Waals surface area contributed by atoms with Crippen molar-refractivity contribution < 1.29 is 4.74 Å². The molecule has 1 aliphatic rings. The van der Waals surface area contributed by atoms with Gasteiger partial charge in [0.15, 0.2) is 0 Å². The number of fused-ring (bicyclic) bond motifs is 1. The summed E-state index contributed by atoms with van der Waals surface area (Å²) in [5.74, 6) is 0.921. The van der Waals surface area contributed by atoms with E-state index in [0.29, 0.717) is 6.61 Å². The molecular formula is C19H19N3O. The summed E-state index contributed by atoms with van der Waals surface area (Å²) in [6.45, 7) is 1.54. The summed E-state index contributed by atoms with van der Waals surface area (Å²) in [6, 6.07) is 15.0. The van der Waals surface area contributed by atoms with Gasteiger partial charge in [-0.05, 0) is 28.8 Å². The molecule has 0 fully saturated rings. The Bertz CT molecular complexity index is 794. The molecule has 4 rings (SSSR count). The Morgan fingerprint density at radius 2 is 1.96 bits per heavy atom. The van der Waals surface area contributed by atoms with E-state index >= 15 is 0 Å². The zero-order valence-electron chi connectivity index (χ0n) is 12.9. The third-order valence-electron chi connectivity index (χ3n) is 4.31. The van der Waals surface area contributed by atoms with Gasteiger partial charge in [0.1, 0.15) is 5.75 Å². The van der Waals surface area contributed by atoms with Gasteiger partial charge in [0, 0.05) is 37.0 Å². The topological polar surface area (TPSA) is 53.1 Å². The van der Waals surface area contributed by atoms with Crippen molar-refractivity contribution in [3.8, 4) is 16.9 Å². The van der Waals surface area contributed by atoms with Crippen LogP contribution in [0.2, 0.25) is 0 Å². The Balaban J connectivity index is 1.59. The summed E-state index contributed by atoms with van der Waals surface area (Å²) in [6.07, 6.45) is 6.48. The Morgan fingerprint density at radius 3 is 2.74 bits per heavy atom. The lowest BCUT2D eigenvalue weighted by Gasteiger charge is -2.23. The molecule has 1 aliphatic heterocycles. The molecule has 3 aromatic rings. The quantitative estimate of drug-likeness (QED) is 0.807. The van der Waals surface area contributed by atoms with Gasteiger partial charge in [-0.3, -0.25) is 0 Å². The van der Waals surface area contributed by atoms with Gasteiger partial charge in [-0.25, -0.2) is 4.98 Å². The third kappa shape index (κ3) is 2.85. The molecule has 0 spiro atoms. The van der Waals surface area contributed by atoms with Crippen LogP contribution in [0.15, 0.2) is 61.2 Å². The summed E-state index contributed by atoms with van der Waals surface area (Å²) >= 11 is 0. The molecule has 1 atom stereocenters.